The Bertz CT molecular complexity index is 198. The van der Waals surface area contributed by atoms with Crippen molar-refractivity contribution >= 4 is 0 Å². The third kappa shape index (κ3) is 4.94. The van der Waals surface area contributed by atoms with Gasteiger partial charge in [-0.1, -0.05) is 27.2 Å². The molecular formula is C14H31N3. The van der Waals surface area contributed by atoms with Gasteiger partial charge in [0.15, 0.2) is 0 Å². The predicted molar refractivity (Wildman–Crippen MR) is 75.5 cm³/mol. The fourth-order valence-corrected chi connectivity index (χ4v) is 2.57. The predicted octanol–water partition coefficient (Wildman–Crippen LogP) is 1.65. The Morgan fingerprint density at radius 2 is 1.65 bits per heavy atom. The number of rotatable bonds is 6. The molecule has 1 N–H and O–H groups in total. The molecule has 0 spiro atoms. The van der Waals surface area contributed by atoms with Crippen LogP contribution < -0.4 is 5.32 Å². The van der Waals surface area contributed by atoms with Gasteiger partial charge < -0.3 is 10.2 Å². The van der Waals surface area contributed by atoms with Crippen LogP contribution in [0.1, 0.15) is 34.1 Å². The van der Waals surface area contributed by atoms with E-state index in [4.69, 9.17) is 0 Å². The Morgan fingerprint density at radius 3 is 2.12 bits per heavy atom. The molecule has 1 rings (SSSR count). The fourth-order valence-electron chi connectivity index (χ4n) is 2.57. The minimum absolute atomic E-state index is 0.601. The Balaban J connectivity index is 2.39. The summed E-state index contributed by atoms with van der Waals surface area (Å²) in [5, 5.41) is 3.59. The summed E-state index contributed by atoms with van der Waals surface area (Å²) in [4.78, 5) is 5.09. The van der Waals surface area contributed by atoms with Gasteiger partial charge in [-0.15, -0.1) is 0 Å². The first-order valence-corrected chi connectivity index (χ1v) is 7.20. The van der Waals surface area contributed by atoms with Crippen LogP contribution in [0.5, 0.6) is 0 Å². The molecule has 0 aliphatic carbocycles. The Labute approximate surface area is 108 Å². The van der Waals surface area contributed by atoms with E-state index in [-0.39, 0.29) is 0 Å². The molecular weight excluding hydrogens is 210 g/mol. The molecule has 17 heavy (non-hydrogen) atoms. The van der Waals surface area contributed by atoms with Crippen molar-refractivity contribution in [2.24, 2.45) is 5.92 Å². The quantitative estimate of drug-likeness (QED) is 0.763. The van der Waals surface area contributed by atoms with Crippen LogP contribution in [0.3, 0.4) is 0 Å². The van der Waals surface area contributed by atoms with Crippen molar-refractivity contribution in [1.29, 1.82) is 0 Å². The first kappa shape index (κ1) is 14.9. The van der Waals surface area contributed by atoms with Crippen LogP contribution in [0.4, 0.5) is 0 Å². The van der Waals surface area contributed by atoms with Gasteiger partial charge in [0.1, 0.15) is 0 Å². The molecule has 2 atom stereocenters. The number of nitrogens with zero attached hydrogens (tertiary/aromatic N) is 2. The second-order valence-corrected chi connectivity index (χ2v) is 5.81. The molecule has 3 heteroatoms. The number of piperazine rings is 1. The van der Waals surface area contributed by atoms with Crippen molar-refractivity contribution in [2.75, 3.05) is 39.8 Å². The minimum atomic E-state index is 0.601. The molecule has 1 heterocycles. The normalized spacial score (nSPS) is 22.9. The molecule has 0 aromatic heterocycles. The van der Waals surface area contributed by atoms with Gasteiger partial charge in [0.25, 0.3) is 0 Å². The van der Waals surface area contributed by atoms with Gasteiger partial charge in [-0.3, -0.25) is 4.90 Å². The zero-order chi connectivity index (χ0) is 12.8. The monoisotopic (exact) mass is 241 g/mol. The maximum absolute atomic E-state index is 3.59. The van der Waals surface area contributed by atoms with Gasteiger partial charge in [0, 0.05) is 38.3 Å². The molecule has 1 fully saturated rings. The molecule has 102 valence electrons. The summed E-state index contributed by atoms with van der Waals surface area (Å²) in [5.41, 5.74) is 0. The summed E-state index contributed by atoms with van der Waals surface area (Å²) in [7, 11) is 2.22. The Hall–Kier alpha value is -0.120. The van der Waals surface area contributed by atoms with E-state index >= 15 is 0 Å². The molecule has 0 radical (unpaired) electrons. The van der Waals surface area contributed by atoms with Crippen molar-refractivity contribution in [1.82, 2.24) is 15.1 Å². The highest BCUT2D eigenvalue weighted by Gasteiger charge is 2.24. The molecule has 1 aliphatic rings. The maximum atomic E-state index is 3.59. The SMILES string of the molecule is CCC(CNC(C)C)[C@H](C)N1CCN(C)CC1. The average Bonchev–Trinajstić information content (AvgIpc) is 2.30. The lowest BCUT2D eigenvalue weighted by Crippen LogP contribution is -2.51. The number of hydrogen-bond donors (Lipinski definition) is 1. The third-order valence-electron chi connectivity index (χ3n) is 4.11. The van der Waals surface area contributed by atoms with Crippen LogP contribution in [-0.2, 0) is 0 Å². The number of nitrogens with one attached hydrogen (secondary N) is 1. The van der Waals surface area contributed by atoms with E-state index in [2.05, 4.69) is 49.9 Å². The molecule has 0 aromatic carbocycles. The highest BCUT2D eigenvalue weighted by Crippen LogP contribution is 2.16. The van der Waals surface area contributed by atoms with E-state index in [0.29, 0.717) is 12.1 Å². The molecule has 0 amide bonds. The second kappa shape index (κ2) is 7.34. The van der Waals surface area contributed by atoms with Crippen molar-refractivity contribution in [3.05, 3.63) is 0 Å². The van der Waals surface area contributed by atoms with Crippen molar-refractivity contribution < 1.29 is 0 Å². The molecule has 1 aliphatic heterocycles. The van der Waals surface area contributed by atoms with E-state index in [0.717, 1.165) is 12.5 Å². The van der Waals surface area contributed by atoms with Crippen LogP contribution in [0.15, 0.2) is 0 Å². The molecule has 0 bridgehead atoms. The summed E-state index contributed by atoms with van der Waals surface area (Å²) in [5.74, 6) is 0.779. The van der Waals surface area contributed by atoms with E-state index in [9.17, 15) is 0 Å². The number of hydrogen-bond acceptors (Lipinski definition) is 3. The lowest BCUT2D eigenvalue weighted by molar-refractivity contribution is 0.0867. The van der Waals surface area contributed by atoms with E-state index < -0.39 is 0 Å². The van der Waals surface area contributed by atoms with Gasteiger partial charge >= 0.3 is 0 Å². The fraction of sp³-hybridized carbons (Fsp3) is 1.00. The van der Waals surface area contributed by atoms with Gasteiger partial charge in [0.2, 0.25) is 0 Å². The second-order valence-electron chi connectivity index (χ2n) is 5.81. The molecule has 1 unspecified atom stereocenters. The minimum Gasteiger partial charge on any atom is -0.314 e. The lowest BCUT2D eigenvalue weighted by Gasteiger charge is -2.40. The van der Waals surface area contributed by atoms with Gasteiger partial charge in [-0.05, 0) is 26.4 Å². The topological polar surface area (TPSA) is 18.5 Å². The van der Waals surface area contributed by atoms with Crippen LogP contribution in [0, 0.1) is 5.92 Å². The first-order chi connectivity index (χ1) is 8.04. The molecule has 1 saturated heterocycles. The van der Waals surface area contributed by atoms with Gasteiger partial charge in [0.05, 0.1) is 0 Å². The van der Waals surface area contributed by atoms with Crippen LogP contribution in [-0.4, -0.2) is 61.7 Å². The summed E-state index contributed by atoms with van der Waals surface area (Å²) in [6, 6.07) is 1.31. The summed E-state index contributed by atoms with van der Waals surface area (Å²) in [6.07, 6.45) is 1.27. The van der Waals surface area contributed by atoms with Crippen molar-refractivity contribution in [2.45, 2.75) is 46.2 Å². The smallest absolute Gasteiger partial charge is 0.0113 e. The standard InChI is InChI=1S/C14H31N3/c1-6-14(11-15-12(2)3)13(4)17-9-7-16(5)8-10-17/h12-15H,6-11H2,1-5H3/t13-,14?/m0/s1. The number of likely N-dealkylation sites (N-methyl/N-ethyl adjacent to an activating group) is 1. The highest BCUT2D eigenvalue weighted by molar-refractivity contribution is 4.80. The zero-order valence-electron chi connectivity index (χ0n) is 12.4. The summed E-state index contributed by atoms with van der Waals surface area (Å²) < 4.78 is 0. The van der Waals surface area contributed by atoms with E-state index in [1.165, 1.54) is 32.6 Å². The van der Waals surface area contributed by atoms with E-state index in [1.807, 2.05) is 0 Å². The molecule has 3 nitrogen and oxygen atoms in total. The van der Waals surface area contributed by atoms with Crippen molar-refractivity contribution in [3.63, 3.8) is 0 Å². The zero-order valence-corrected chi connectivity index (χ0v) is 12.4. The summed E-state index contributed by atoms with van der Waals surface area (Å²) in [6.45, 7) is 15.2. The molecule has 0 aromatic rings. The van der Waals surface area contributed by atoms with Gasteiger partial charge in [-0.2, -0.15) is 0 Å². The highest BCUT2D eigenvalue weighted by atomic mass is 15.3. The summed E-state index contributed by atoms with van der Waals surface area (Å²) >= 11 is 0. The molecule has 0 saturated carbocycles. The average molecular weight is 241 g/mol. The Morgan fingerprint density at radius 1 is 1.06 bits per heavy atom. The van der Waals surface area contributed by atoms with Gasteiger partial charge in [-0.25, -0.2) is 0 Å². The van der Waals surface area contributed by atoms with Crippen LogP contribution >= 0.6 is 0 Å². The Kier molecular flexibility index (Phi) is 6.45. The largest absolute Gasteiger partial charge is 0.314 e. The maximum Gasteiger partial charge on any atom is 0.0113 e. The van der Waals surface area contributed by atoms with E-state index in [1.54, 1.807) is 0 Å². The first-order valence-electron chi connectivity index (χ1n) is 7.20. The lowest BCUT2D eigenvalue weighted by atomic mass is 9.96. The van der Waals surface area contributed by atoms with Crippen molar-refractivity contribution in [3.8, 4) is 0 Å². The third-order valence-corrected chi connectivity index (χ3v) is 4.11. The van der Waals surface area contributed by atoms with Crippen LogP contribution in [0.25, 0.3) is 0 Å². The van der Waals surface area contributed by atoms with Crippen LogP contribution in [0.2, 0.25) is 0 Å².